The summed E-state index contributed by atoms with van der Waals surface area (Å²) in [6, 6.07) is 6.37. The zero-order valence-corrected chi connectivity index (χ0v) is 12.5. The van der Waals surface area contributed by atoms with Gasteiger partial charge in [-0.1, -0.05) is 43.7 Å². The van der Waals surface area contributed by atoms with Crippen molar-refractivity contribution in [2.24, 2.45) is 0 Å². The minimum absolute atomic E-state index is 0.554. The molecule has 0 unspecified atom stereocenters. The van der Waals surface area contributed by atoms with Gasteiger partial charge in [-0.3, -0.25) is 0 Å². The molecule has 3 heteroatoms. The Balaban J connectivity index is 2.04. The highest BCUT2D eigenvalue weighted by Crippen LogP contribution is 2.30. The first-order valence-electron chi connectivity index (χ1n) is 7.48. The molecule has 1 aliphatic rings. The van der Waals surface area contributed by atoms with E-state index in [9.17, 15) is 0 Å². The van der Waals surface area contributed by atoms with Crippen molar-refractivity contribution in [3.8, 4) is 5.75 Å². The molecule has 1 fully saturated rings. The summed E-state index contributed by atoms with van der Waals surface area (Å²) in [7, 11) is 0. The lowest BCUT2D eigenvalue weighted by Crippen LogP contribution is -2.21. The molecule has 0 spiro atoms. The number of nitrogens with one attached hydrogen (secondary N) is 1. The van der Waals surface area contributed by atoms with Gasteiger partial charge in [-0.15, -0.1) is 0 Å². The molecule has 0 radical (unpaired) electrons. The Morgan fingerprint density at radius 1 is 1.16 bits per heavy atom. The van der Waals surface area contributed by atoms with Crippen LogP contribution in [0.25, 0.3) is 0 Å². The normalized spacial score (nSPS) is 17.6. The van der Waals surface area contributed by atoms with Crippen LogP contribution in [0.2, 0.25) is 5.02 Å². The van der Waals surface area contributed by atoms with Gasteiger partial charge in [0, 0.05) is 11.1 Å². The molecule has 0 aliphatic heterocycles. The van der Waals surface area contributed by atoms with Crippen LogP contribution >= 0.6 is 11.6 Å². The van der Waals surface area contributed by atoms with E-state index in [0.717, 1.165) is 16.5 Å². The second kappa shape index (κ2) is 7.64. The number of hydrogen-bond donors (Lipinski definition) is 1. The molecule has 1 N–H and O–H groups in total. The van der Waals surface area contributed by atoms with Gasteiger partial charge in [0.2, 0.25) is 0 Å². The smallest absolute Gasteiger partial charge is 0.142 e. The monoisotopic (exact) mass is 281 g/mol. The van der Waals surface area contributed by atoms with Crippen molar-refractivity contribution in [1.82, 2.24) is 0 Å². The molecule has 0 amide bonds. The highest BCUT2D eigenvalue weighted by Gasteiger charge is 2.13. The van der Waals surface area contributed by atoms with Crippen LogP contribution in [-0.2, 0) is 0 Å². The lowest BCUT2D eigenvalue weighted by molar-refractivity contribution is 0.341. The number of halogens is 1. The lowest BCUT2D eigenvalue weighted by Gasteiger charge is -2.23. The Kier molecular flexibility index (Phi) is 5.84. The van der Waals surface area contributed by atoms with Crippen LogP contribution < -0.4 is 10.1 Å². The van der Waals surface area contributed by atoms with Crippen molar-refractivity contribution in [1.29, 1.82) is 0 Å². The van der Waals surface area contributed by atoms with E-state index in [1.54, 1.807) is 0 Å². The minimum atomic E-state index is 0.554. The Bertz CT molecular complexity index is 386. The summed E-state index contributed by atoms with van der Waals surface area (Å²) in [5.41, 5.74) is 1.04. The molecule has 1 aromatic rings. The van der Waals surface area contributed by atoms with Crippen LogP contribution in [0.4, 0.5) is 5.69 Å². The van der Waals surface area contributed by atoms with Crippen molar-refractivity contribution in [3.63, 3.8) is 0 Å². The standard InChI is InChI=1S/C16H24ClNO/c1-2-19-16-11-10-13(17)12-15(16)18-14-8-6-4-3-5-7-9-14/h10-12,14,18H,2-9H2,1H3. The Morgan fingerprint density at radius 3 is 2.53 bits per heavy atom. The zero-order chi connectivity index (χ0) is 13.5. The molecule has 2 rings (SSSR count). The van der Waals surface area contributed by atoms with Gasteiger partial charge in [-0.05, 0) is 38.0 Å². The van der Waals surface area contributed by atoms with Crippen LogP contribution in [0.5, 0.6) is 5.75 Å². The fourth-order valence-electron chi connectivity index (χ4n) is 2.72. The van der Waals surface area contributed by atoms with Crippen molar-refractivity contribution in [3.05, 3.63) is 23.2 Å². The second-order valence-electron chi connectivity index (χ2n) is 5.26. The summed E-state index contributed by atoms with van der Waals surface area (Å²) in [5, 5.41) is 4.39. The van der Waals surface area contributed by atoms with Gasteiger partial charge in [0.05, 0.1) is 12.3 Å². The molecular weight excluding hydrogens is 258 g/mol. The summed E-state index contributed by atoms with van der Waals surface area (Å²) in [4.78, 5) is 0. The number of hydrogen-bond acceptors (Lipinski definition) is 2. The maximum absolute atomic E-state index is 6.10. The van der Waals surface area contributed by atoms with E-state index in [0.29, 0.717) is 12.6 Å². The van der Waals surface area contributed by atoms with E-state index in [2.05, 4.69) is 5.32 Å². The van der Waals surface area contributed by atoms with Crippen LogP contribution in [0.3, 0.4) is 0 Å². The quantitative estimate of drug-likeness (QED) is 0.812. The van der Waals surface area contributed by atoms with Gasteiger partial charge >= 0.3 is 0 Å². The molecule has 0 atom stereocenters. The van der Waals surface area contributed by atoms with Crippen molar-refractivity contribution in [2.75, 3.05) is 11.9 Å². The summed E-state index contributed by atoms with van der Waals surface area (Å²) < 4.78 is 5.67. The number of anilines is 1. The van der Waals surface area contributed by atoms with Crippen molar-refractivity contribution in [2.45, 2.75) is 57.9 Å². The lowest BCUT2D eigenvalue weighted by atomic mass is 9.96. The van der Waals surface area contributed by atoms with Gasteiger partial charge in [0.15, 0.2) is 0 Å². The summed E-state index contributed by atoms with van der Waals surface area (Å²) >= 11 is 6.10. The summed E-state index contributed by atoms with van der Waals surface area (Å²) in [6.07, 6.45) is 9.27. The molecule has 0 saturated heterocycles. The number of ether oxygens (including phenoxy) is 1. The first-order valence-corrected chi connectivity index (χ1v) is 7.86. The van der Waals surface area contributed by atoms with E-state index < -0.39 is 0 Å². The zero-order valence-electron chi connectivity index (χ0n) is 11.8. The number of rotatable bonds is 4. The average molecular weight is 282 g/mol. The summed E-state index contributed by atoms with van der Waals surface area (Å²) in [5.74, 6) is 0.911. The topological polar surface area (TPSA) is 21.3 Å². The maximum Gasteiger partial charge on any atom is 0.142 e. The van der Waals surface area contributed by atoms with Gasteiger partial charge in [0.1, 0.15) is 5.75 Å². The predicted octanol–water partition coefficient (Wildman–Crippen LogP) is 5.26. The molecule has 0 aromatic heterocycles. The Labute approximate surface area is 121 Å². The number of benzene rings is 1. The van der Waals surface area contributed by atoms with E-state index >= 15 is 0 Å². The van der Waals surface area contributed by atoms with Crippen molar-refractivity contribution >= 4 is 17.3 Å². The van der Waals surface area contributed by atoms with Gasteiger partial charge < -0.3 is 10.1 Å². The highest BCUT2D eigenvalue weighted by molar-refractivity contribution is 6.30. The molecule has 1 saturated carbocycles. The average Bonchev–Trinajstić information content (AvgIpc) is 2.36. The van der Waals surface area contributed by atoms with Gasteiger partial charge in [-0.2, -0.15) is 0 Å². The van der Waals surface area contributed by atoms with E-state index in [1.165, 1.54) is 44.9 Å². The summed E-state index contributed by atoms with van der Waals surface area (Å²) in [6.45, 7) is 2.69. The van der Waals surface area contributed by atoms with Crippen LogP contribution in [0.15, 0.2) is 18.2 Å². The van der Waals surface area contributed by atoms with Crippen LogP contribution in [0.1, 0.15) is 51.9 Å². The molecule has 106 valence electrons. The maximum atomic E-state index is 6.10. The van der Waals surface area contributed by atoms with Crippen LogP contribution in [-0.4, -0.2) is 12.6 Å². The molecule has 1 aliphatic carbocycles. The minimum Gasteiger partial charge on any atom is -0.492 e. The molecule has 0 bridgehead atoms. The third kappa shape index (κ3) is 4.61. The first-order chi connectivity index (χ1) is 9.29. The second-order valence-corrected chi connectivity index (χ2v) is 5.70. The third-order valence-corrected chi connectivity index (χ3v) is 3.94. The molecule has 0 heterocycles. The molecule has 1 aromatic carbocycles. The van der Waals surface area contributed by atoms with Gasteiger partial charge in [0.25, 0.3) is 0 Å². The van der Waals surface area contributed by atoms with Crippen LogP contribution in [0, 0.1) is 0 Å². The van der Waals surface area contributed by atoms with E-state index in [1.807, 2.05) is 25.1 Å². The third-order valence-electron chi connectivity index (χ3n) is 3.71. The molecule has 19 heavy (non-hydrogen) atoms. The largest absolute Gasteiger partial charge is 0.492 e. The molecule has 2 nitrogen and oxygen atoms in total. The Hall–Kier alpha value is -0.890. The highest BCUT2D eigenvalue weighted by atomic mass is 35.5. The van der Waals surface area contributed by atoms with Crippen molar-refractivity contribution < 1.29 is 4.74 Å². The predicted molar refractivity (Wildman–Crippen MR) is 82.4 cm³/mol. The first kappa shape index (κ1) is 14.5. The molecular formula is C16H24ClNO. The van der Waals surface area contributed by atoms with Gasteiger partial charge in [-0.25, -0.2) is 0 Å². The van der Waals surface area contributed by atoms with E-state index in [4.69, 9.17) is 16.3 Å². The SMILES string of the molecule is CCOc1ccc(Cl)cc1NC1CCCCCCC1. The fraction of sp³-hybridized carbons (Fsp3) is 0.625. The van der Waals surface area contributed by atoms with E-state index in [-0.39, 0.29) is 0 Å². The fourth-order valence-corrected chi connectivity index (χ4v) is 2.89. The Morgan fingerprint density at radius 2 is 1.84 bits per heavy atom.